The van der Waals surface area contributed by atoms with Gasteiger partial charge in [0.1, 0.15) is 0 Å². The van der Waals surface area contributed by atoms with Crippen molar-refractivity contribution in [3.63, 3.8) is 0 Å². The Labute approximate surface area is 77.2 Å². The van der Waals surface area contributed by atoms with Crippen molar-refractivity contribution >= 4 is 11.9 Å². The van der Waals surface area contributed by atoms with Crippen molar-refractivity contribution < 1.29 is 19.1 Å². The molecule has 4 nitrogen and oxygen atoms in total. The molecule has 0 aromatic carbocycles. The first kappa shape index (κ1) is 10.0. The van der Waals surface area contributed by atoms with Crippen LogP contribution >= 0.6 is 0 Å². The van der Waals surface area contributed by atoms with Crippen molar-refractivity contribution in [2.45, 2.75) is 19.3 Å². The van der Waals surface area contributed by atoms with Crippen molar-refractivity contribution in [3.05, 3.63) is 0 Å². The van der Waals surface area contributed by atoms with Crippen LogP contribution in [0.15, 0.2) is 0 Å². The average molecular weight is 186 g/mol. The molecule has 74 valence electrons. The van der Waals surface area contributed by atoms with Crippen LogP contribution in [0.2, 0.25) is 0 Å². The van der Waals surface area contributed by atoms with E-state index < -0.39 is 17.9 Å². The van der Waals surface area contributed by atoms with Gasteiger partial charge in [-0.1, -0.05) is 12.8 Å². The van der Waals surface area contributed by atoms with E-state index in [9.17, 15) is 9.59 Å². The zero-order chi connectivity index (χ0) is 9.84. The minimum atomic E-state index is -0.720. The van der Waals surface area contributed by atoms with E-state index in [0.29, 0.717) is 12.3 Å². The molecule has 0 spiro atoms. The van der Waals surface area contributed by atoms with Crippen LogP contribution in [0.1, 0.15) is 19.3 Å². The summed E-state index contributed by atoms with van der Waals surface area (Å²) in [7, 11) is 2.57. The van der Waals surface area contributed by atoms with Crippen molar-refractivity contribution in [1.29, 1.82) is 0 Å². The number of rotatable bonds is 4. The molecule has 1 aliphatic carbocycles. The van der Waals surface area contributed by atoms with E-state index in [0.717, 1.165) is 12.8 Å². The fraction of sp³-hybridized carbons (Fsp3) is 0.778. The van der Waals surface area contributed by atoms with Gasteiger partial charge in [-0.2, -0.15) is 0 Å². The Kier molecular flexibility index (Phi) is 3.28. The van der Waals surface area contributed by atoms with Crippen LogP contribution in [0.4, 0.5) is 0 Å². The lowest BCUT2D eigenvalue weighted by Gasteiger charge is -2.10. The van der Waals surface area contributed by atoms with Gasteiger partial charge in [0.2, 0.25) is 0 Å². The molecule has 0 aromatic rings. The van der Waals surface area contributed by atoms with Gasteiger partial charge < -0.3 is 9.47 Å². The van der Waals surface area contributed by atoms with Crippen molar-refractivity contribution in [1.82, 2.24) is 0 Å². The first-order valence-corrected chi connectivity index (χ1v) is 4.34. The number of carbonyl (C=O) groups is 2. The molecule has 0 atom stereocenters. The first-order valence-electron chi connectivity index (χ1n) is 4.34. The number of methoxy groups -OCH3 is 2. The topological polar surface area (TPSA) is 52.6 Å². The van der Waals surface area contributed by atoms with E-state index >= 15 is 0 Å². The van der Waals surface area contributed by atoms with Crippen LogP contribution in [0.5, 0.6) is 0 Å². The Hall–Kier alpha value is -1.06. The first-order chi connectivity index (χ1) is 6.19. The quantitative estimate of drug-likeness (QED) is 0.480. The summed E-state index contributed by atoms with van der Waals surface area (Å²) < 4.78 is 9.05. The van der Waals surface area contributed by atoms with Gasteiger partial charge in [-0.05, 0) is 12.3 Å². The van der Waals surface area contributed by atoms with Crippen molar-refractivity contribution in [3.8, 4) is 0 Å². The van der Waals surface area contributed by atoms with Gasteiger partial charge in [-0.25, -0.2) is 0 Å². The summed E-state index contributed by atoms with van der Waals surface area (Å²) in [4.78, 5) is 22.3. The normalized spacial score (nSPS) is 15.6. The average Bonchev–Trinajstić information content (AvgIpc) is 2.95. The van der Waals surface area contributed by atoms with Crippen molar-refractivity contribution in [2.24, 2.45) is 11.8 Å². The summed E-state index contributed by atoms with van der Waals surface area (Å²) in [5.41, 5.74) is 0. The second-order valence-corrected chi connectivity index (χ2v) is 3.28. The molecule has 1 rings (SSSR count). The summed E-state index contributed by atoms with van der Waals surface area (Å²) in [6.07, 6.45) is 2.77. The van der Waals surface area contributed by atoms with E-state index in [2.05, 4.69) is 9.47 Å². The van der Waals surface area contributed by atoms with Gasteiger partial charge in [0.25, 0.3) is 0 Å². The van der Waals surface area contributed by atoms with Gasteiger partial charge in [-0.3, -0.25) is 9.59 Å². The monoisotopic (exact) mass is 186 g/mol. The van der Waals surface area contributed by atoms with Crippen molar-refractivity contribution in [2.75, 3.05) is 14.2 Å². The number of ether oxygens (including phenoxy) is 2. The van der Waals surface area contributed by atoms with E-state index in [4.69, 9.17) is 0 Å². The molecule has 0 radical (unpaired) electrons. The predicted octanol–water partition coefficient (Wildman–Crippen LogP) is 0.749. The van der Waals surface area contributed by atoms with E-state index in [1.807, 2.05) is 0 Å². The van der Waals surface area contributed by atoms with Gasteiger partial charge in [0.05, 0.1) is 14.2 Å². The zero-order valence-corrected chi connectivity index (χ0v) is 7.91. The summed E-state index contributed by atoms with van der Waals surface area (Å²) in [5.74, 6) is -1.19. The third kappa shape index (κ3) is 2.72. The minimum absolute atomic E-state index is 0.487. The molecule has 1 saturated carbocycles. The summed E-state index contributed by atoms with van der Waals surface area (Å²) in [5, 5.41) is 0. The largest absolute Gasteiger partial charge is 0.468 e. The molecular weight excluding hydrogens is 172 g/mol. The van der Waals surface area contributed by atoms with Crippen LogP contribution < -0.4 is 0 Å². The second-order valence-electron chi connectivity index (χ2n) is 3.28. The number of hydrogen-bond acceptors (Lipinski definition) is 4. The molecule has 0 bridgehead atoms. The maximum Gasteiger partial charge on any atom is 0.320 e. The minimum Gasteiger partial charge on any atom is -0.468 e. The van der Waals surface area contributed by atoms with E-state index in [1.165, 1.54) is 14.2 Å². The molecule has 0 unspecified atom stereocenters. The molecule has 0 heterocycles. The SMILES string of the molecule is COC(=O)C(CC1CC1)C(=O)OC. The molecule has 1 aliphatic rings. The highest BCUT2D eigenvalue weighted by molar-refractivity contribution is 5.94. The number of esters is 2. The molecule has 0 amide bonds. The summed E-state index contributed by atoms with van der Waals surface area (Å²) in [6, 6.07) is 0. The Morgan fingerprint density at radius 3 is 2.00 bits per heavy atom. The second kappa shape index (κ2) is 4.25. The van der Waals surface area contributed by atoms with E-state index in [1.54, 1.807) is 0 Å². The van der Waals surface area contributed by atoms with Gasteiger partial charge in [0.15, 0.2) is 5.92 Å². The maximum atomic E-state index is 11.2. The Bertz CT molecular complexity index is 192. The highest BCUT2D eigenvalue weighted by Gasteiger charge is 2.35. The Balaban J connectivity index is 2.50. The van der Waals surface area contributed by atoms with Crippen LogP contribution in [-0.4, -0.2) is 26.2 Å². The summed E-state index contributed by atoms with van der Waals surface area (Å²) in [6.45, 7) is 0. The highest BCUT2D eigenvalue weighted by Crippen LogP contribution is 2.35. The standard InChI is InChI=1S/C9H14O4/c1-12-8(10)7(9(11)13-2)5-6-3-4-6/h6-7H,3-5H2,1-2H3. The zero-order valence-electron chi connectivity index (χ0n) is 7.91. The molecular formula is C9H14O4. The Morgan fingerprint density at radius 1 is 1.23 bits per heavy atom. The molecule has 13 heavy (non-hydrogen) atoms. The fourth-order valence-corrected chi connectivity index (χ4v) is 1.26. The maximum absolute atomic E-state index is 11.2. The van der Waals surface area contributed by atoms with Gasteiger partial charge >= 0.3 is 11.9 Å². The van der Waals surface area contributed by atoms with Crippen LogP contribution in [0.3, 0.4) is 0 Å². The lowest BCUT2D eigenvalue weighted by molar-refractivity contribution is -0.159. The number of hydrogen-bond donors (Lipinski definition) is 0. The smallest absolute Gasteiger partial charge is 0.320 e. The van der Waals surface area contributed by atoms with E-state index in [-0.39, 0.29) is 0 Å². The molecule has 0 aromatic heterocycles. The van der Waals surface area contributed by atoms with Gasteiger partial charge in [-0.15, -0.1) is 0 Å². The molecule has 1 fully saturated rings. The number of carbonyl (C=O) groups excluding carboxylic acids is 2. The van der Waals surface area contributed by atoms with Crippen LogP contribution in [0.25, 0.3) is 0 Å². The lowest BCUT2D eigenvalue weighted by Crippen LogP contribution is -2.26. The molecule has 4 heteroatoms. The van der Waals surface area contributed by atoms with Crippen LogP contribution in [0, 0.1) is 11.8 Å². The van der Waals surface area contributed by atoms with Gasteiger partial charge in [0, 0.05) is 0 Å². The fourth-order valence-electron chi connectivity index (χ4n) is 1.26. The van der Waals surface area contributed by atoms with Crippen LogP contribution in [-0.2, 0) is 19.1 Å². The highest BCUT2D eigenvalue weighted by atomic mass is 16.5. The lowest BCUT2D eigenvalue weighted by atomic mass is 10.0. The molecule has 0 N–H and O–H groups in total. The predicted molar refractivity (Wildman–Crippen MR) is 44.9 cm³/mol. The summed E-state index contributed by atoms with van der Waals surface area (Å²) >= 11 is 0. The third-order valence-corrected chi connectivity index (χ3v) is 2.24. The molecule has 0 aliphatic heterocycles. The third-order valence-electron chi connectivity index (χ3n) is 2.24. The Morgan fingerprint density at radius 2 is 1.69 bits per heavy atom. The molecule has 0 saturated heterocycles.